The van der Waals surface area contributed by atoms with E-state index in [4.69, 9.17) is 0 Å². The van der Waals surface area contributed by atoms with E-state index in [0.29, 0.717) is 29.8 Å². The van der Waals surface area contributed by atoms with Gasteiger partial charge in [-0.2, -0.15) is 0 Å². The van der Waals surface area contributed by atoms with Gasteiger partial charge in [-0.05, 0) is 66.9 Å². The fourth-order valence-corrected chi connectivity index (χ4v) is 5.55. The lowest BCUT2D eigenvalue weighted by molar-refractivity contribution is -0.145. The molecule has 40 heavy (non-hydrogen) atoms. The van der Waals surface area contributed by atoms with Crippen LogP contribution in [-0.2, 0) is 20.9 Å². The summed E-state index contributed by atoms with van der Waals surface area (Å²) in [6.45, 7) is -0.348. The van der Waals surface area contributed by atoms with Crippen LogP contribution in [0.3, 0.4) is 0 Å². The first-order chi connectivity index (χ1) is 19.2. The van der Waals surface area contributed by atoms with E-state index in [2.05, 4.69) is 5.32 Å². The molecule has 3 aromatic carbocycles. The Hall–Kier alpha value is -4.53. The second kappa shape index (κ2) is 10.9. The number of ketones is 1. The molecule has 1 aliphatic heterocycles. The number of nitrogens with one attached hydrogen (secondary N) is 1. The second-order valence-electron chi connectivity index (χ2n) is 10.5. The predicted molar refractivity (Wildman–Crippen MR) is 151 cm³/mol. The smallest absolute Gasteiger partial charge is 0.299 e. The van der Waals surface area contributed by atoms with Crippen molar-refractivity contribution in [2.75, 3.05) is 35.8 Å². The van der Waals surface area contributed by atoms with Crippen molar-refractivity contribution < 1.29 is 23.6 Å². The molecule has 2 aliphatic rings. The van der Waals surface area contributed by atoms with Crippen LogP contribution < -0.4 is 15.1 Å². The first-order valence-electron chi connectivity index (χ1n) is 13.3. The molecule has 206 valence electrons. The topological polar surface area (TPSA) is 90.0 Å². The van der Waals surface area contributed by atoms with Gasteiger partial charge >= 0.3 is 0 Å². The first kappa shape index (κ1) is 27.1. The summed E-state index contributed by atoms with van der Waals surface area (Å²) in [6, 6.07) is 19.7. The molecule has 0 saturated heterocycles. The van der Waals surface area contributed by atoms with Gasteiger partial charge in [0.2, 0.25) is 11.8 Å². The van der Waals surface area contributed by atoms with Crippen LogP contribution in [0.15, 0.2) is 72.8 Å². The maximum Gasteiger partial charge on any atom is 0.299 e. The Balaban J connectivity index is 1.48. The van der Waals surface area contributed by atoms with E-state index in [1.165, 1.54) is 21.9 Å². The van der Waals surface area contributed by atoms with Crippen molar-refractivity contribution in [3.8, 4) is 0 Å². The number of fused-ring (bicyclic) bond motifs is 1. The summed E-state index contributed by atoms with van der Waals surface area (Å²) in [5.41, 5.74) is 1.67. The molecule has 0 unspecified atom stereocenters. The molecule has 0 atom stereocenters. The molecule has 1 saturated carbocycles. The Bertz CT molecular complexity index is 1450. The molecule has 0 spiro atoms. The molecule has 3 amide bonds. The van der Waals surface area contributed by atoms with Crippen molar-refractivity contribution in [1.82, 2.24) is 4.90 Å². The molecule has 1 N–H and O–H groups in total. The van der Waals surface area contributed by atoms with Crippen molar-refractivity contribution in [2.45, 2.75) is 37.8 Å². The van der Waals surface area contributed by atoms with Gasteiger partial charge in [-0.3, -0.25) is 24.1 Å². The number of hydrogen-bond donors (Lipinski definition) is 1. The van der Waals surface area contributed by atoms with Crippen LogP contribution in [-0.4, -0.2) is 54.6 Å². The number of Topliss-reactive ketones (excluding diaryl/α,β-unsaturated/α-hetero) is 1. The van der Waals surface area contributed by atoms with E-state index in [9.17, 15) is 23.6 Å². The maximum absolute atomic E-state index is 14.1. The number of rotatable bonds is 8. The Morgan fingerprint density at radius 1 is 0.925 bits per heavy atom. The number of amides is 3. The summed E-state index contributed by atoms with van der Waals surface area (Å²) < 4.78 is 13.7. The highest BCUT2D eigenvalue weighted by Crippen LogP contribution is 2.38. The maximum atomic E-state index is 14.1. The number of carbonyl (C=O) groups is 4. The van der Waals surface area contributed by atoms with Crippen molar-refractivity contribution >= 4 is 40.6 Å². The predicted octanol–water partition coefficient (Wildman–Crippen LogP) is 4.40. The molecule has 1 aliphatic carbocycles. The van der Waals surface area contributed by atoms with Gasteiger partial charge in [0.15, 0.2) is 0 Å². The van der Waals surface area contributed by atoms with Gasteiger partial charge in [0.05, 0.1) is 11.3 Å². The van der Waals surface area contributed by atoms with Gasteiger partial charge in [-0.1, -0.05) is 37.1 Å². The highest BCUT2D eigenvalue weighted by atomic mass is 19.1. The zero-order valence-corrected chi connectivity index (χ0v) is 22.5. The van der Waals surface area contributed by atoms with Crippen LogP contribution in [0.2, 0.25) is 0 Å². The second-order valence-corrected chi connectivity index (χ2v) is 10.5. The number of hydrogen-bond acceptors (Lipinski definition) is 5. The molecule has 1 heterocycles. The number of para-hydroxylation sites is 1. The van der Waals surface area contributed by atoms with Crippen molar-refractivity contribution in [3.63, 3.8) is 0 Å². The molecule has 9 heteroatoms. The average Bonchev–Trinajstić information content (AvgIpc) is 3.54. The van der Waals surface area contributed by atoms with Crippen molar-refractivity contribution in [1.29, 1.82) is 0 Å². The third-order valence-corrected chi connectivity index (χ3v) is 7.74. The standard InChI is InChI=1S/C31H31FN4O4/c1-34(2)24-15-13-23(14-16-24)33-30(40)31(17-5-6-18-31)36(19-21-9-11-22(32)12-10-21)27(37)20-35-26-8-4-3-7-25(26)28(38)29(35)39/h3-4,7-16H,5-6,17-20H2,1-2H3,(H,33,40). The monoisotopic (exact) mass is 542 g/mol. The van der Waals surface area contributed by atoms with Crippen molar-refractivity contribution in [3.05, 3.63) is 89.7 Å². The minimum Gasteiger partial charge on any atom is -0.378 e. The SMILES string of the molecule is CN(C)c1ccc(NC(=O)C2(N(Cc3ccc(F)cc3)C(=O)CN3C(=O)C(=O)c4ccccc43)CCCC2)cc1. The van der Waals surface area contributed by atoms with Gasteiger partial charge in [0, 0.05) is 32.0 Å². The Morgan fingerprint density at radius 2 is 1.57 bits per heavy atom. The van der Waals surface area contributed by atoms with Gasteiger partial charge in [0.1, 0.15) is 17.9 Å². The molecule has 3 aromatic rings. The zero-order chi connectivity index (χ0) is 28.4. The number of halogens is 1. The Labute approximate surface area is 232 Å². The van der Waals surface area contributed by atoms with Crippen LogP contribution >= 0.6 is 0 Å². The van der Waals surface area contributed by atoms with Crippen LogP contribution in [0.4, 0.5) is 21.5 Å². The van der Waals surface area contributed by atoms with Gasteiger partial charge in [-0.25, -0.2) is 4.39 Å². The molecular weight excluding hydrogens is 511 g/mol. The van der Waals surface area contributed by atoms with E-state index in [1.807, 2.05) is 43.3 Å². The van der Waals surface area contributed by atoms with Crippen LogP contribution in [0, 0.1) is 5.82 Å². The van der Waals surface area contributed by atoms with E-state index in [-0.39, 0.29) is 18.0 Å². The van der Waals surface area contributed by atoms with Crippen molar-refractivity contribution in [2.24, 2.45) is 0 Å². The lowest BCUT2D eigenvalue weighted by Crippen LogP contribution is -2.59. The van der Waals surface area contributed by atoms with Gasteiger partial charge < -0.3 is 15.1 Å². The molecule has 0 bridgehead atoms. The minimum atomic E-state index is -1.18. The summed E-state index contributed by atoms with van der Waals surface area (Å²) in [7, 11) is 3.86. The summed E-state index contributed by atoms with van der Waals surface area (Å²) in [6.07, 6.45) is 2.35. The van der Waals surface area contributed by atoms with Gasteiger partial charge in [-0.15, -0.1) is 0 Å². The van der Waals surface area contributed by atoms with Crippen LogP contribution in [0.5, 0.6) is 0 Å². The molecule has 8 nitrogen and oxygen atoms in total. The fraction of sp³-hybridized carbons (Fsp3) is 0.290. The number of benzene rings is 3. The van der Waals surface area contributed by atoms with Crippen LogP contribution in [0.25, 0.3) is 0 Å². The van der Waals surface area contributed by atoms with E-state index in [0.717, 1.165) is 18.5 Å². The van der Waals surface area contributed by atoms with E-state index >= 15 is 0 Å². The third kappa shape index (κ3) is 5.06. The summed E-state index contributed by atoms with van der Waals surface area (Å²) in [5, 5.41) is 3.00. The Kier molecular flexibility index (Phi) is 7.38. The van der Waals surface area contributed by atoms with Crippen LogP contribution in [0.1, 0.15) is 41.6 Å². The third-order valence-electron chi connectivity index (χ3n) is 7.74. The fourth-order valence-electron chi connectivity index (χ4n) is 5.55. The molecule has 1 fully saturated rings. The zero-order valence-electron chi connectivity index (χ0n) is 22.5. The average molecular weight is 543 g/mol. The lowest BCUT2D eigenvalue weighted by Gasteiger charge is -2.41. The summed E-state index contributed by atoms with van der Waals surface area (Å²) in [4.78, 5) is 58.1. The lowest BCUT2D eigenvalue weighted by atomic mass is 9.92. The number of carbonyl (C=O) groups excluding carboxylic acids is 4. The number of anilines is 3. The summed E-state index contributed by atoms with van der Waals surface area (Å²) >= 11 is 0. The molecule has 0 radical (unpaired) electrons. The van der Waals surface area contributed by atoms with Gasteiger partial charge in [0.25, 0.3) is 11.7 Å². The van der Waals surface area contributed by atoms with E-state index < -0.39 is 35.5 Å². The number of nitrogens with zero attached hydrogens (tertiary/aromatic N) is 3. The largest absolute Gasteiger partial charge is 0.378 e. The first-order valence-corrected chi connectivity index (χ1v) is 13.3. The quantitative estimate of drug-likeness (QED) is 0.426. The molecule has 5 rings (SSSR count). The Morgan fingerprint density at radius 3 is 2.23 bits per heavy atom. The molecule has 0 aromatic heterocycles. The molecular formula is C31H31FN4O4. The summed E-state index contributed by atoms with van der Waals surface area (Å²) in [5.74, 6) is -2.64. The van der Waals surface area contributed by atoms with E-state index in [1.54, 1.807) is 36.4 Å². The highest BCUT2D eigenvalue weighted by Gasteiger charge is 2.49. The minimum absolute atomic E-state index is 0.0454. The highest BCUT2D eigenvalue weighted by molar-refractivity contribution is 6.52. The normalized spacial score (nSPS) is 15.6.